The summed E-state index contributed by atoms with van der Waals surface area (Å²) >= 11 is 0. The maximum atomic E-state index is 9.39. The molecule has 2 N–H and O–H groups in total. The Morgan fingerprint density at radius 3 is 2.18 bits per heavy atom. The van der Waals surface area contributed by atoms with Crippen LogP contribution in [0.1, 0.15) is 71.1 Å². The second kappa shape index (κ2) is 13.7. The number of rotatable bonds is 12. The van der Waals surface area contributed by atoms with Crippen molar-refractivity contribution in [3.63, 3.8) is 0 Å². The monoisotopic (exact) mass is 242 g/mol. The van der Waals surface area contributed by atoms with E-state index in [1.807, 2.05) is 0 Å². The first-order chi connectivity index (χ1) is 8.31. The lowest BCUT2D eigenvalue weighted by atomic mass is 10.1. The molecule has 2 nitrogen and oxygen atoms in total. The molecule has 0 saturated carbocycles. The highest BCUT2D eigenvalue weighted by Gasteiger charge is 2.00. The van der Waals surface area contributed by atoms with Gasteiger partial charge in [-0.3, -0.25) is 0 Å². The van der Waals surface area contributed by atoms with Crippen molar-refractivity contribution in [2.45, 2.75) is 77.2 Å². The van der Waals surface area contributed by atoms with Crippen molar-refractivity contribution >= 4 is 0 Å². The van der Waals surface area contributed by atoms with Gasteiger partial charge >= 0.3 is 0 Å². The molecule has 102 valence electrons. The number of unbranched alkanes of at least 4 members (excludes halogenated alkanes) is 6. The standard InChI is InChI=1S/C15H30O2/c1-2-3-4-5-6-7-8-9-10-11-12-15(17)13-14-16/h8-9,15-17H,2-7,10-14H2,1H3/b9-8-/t15-/m1/s1. The zero-order valence-corrected chi connectivity index (χ0v) is 11.4. The molecule has 0 heterocycles. The van der Waals surface area contributed by atoms with Gasteiger partial charge in [0.05, 0.1) is 6.10 Å². The van der Waals surface area contributed by atoms with Crippen molar-refractivity contribution in [3.8, 4) is 0 Å². The van der Waals surface area contributed by atoms with Gasteiger partial charge in [0.15, 0.2) is 0 Å². The van der Waals surface area contributed by atoms with Gasteiger partial charge in [0.2, 0.25) is 0 Å². The summed E-state index contributed by atoms with van der Waals surface area (Å²) < 4.78 is 0. The lowest BCUT2D eigenvalue weighted by Crippen LogP contribution is -2.07. The Labute approximate surface area is 107 Å². The van der Waals surface area contributed by atoms with E-state index in [-0.39, 0.29) is 12.7 Å². The Morgan fingerprint density at radius 2 is 1.53 bits per heavy atom. The molecule has 2 heteroatoms. The van der Waals surface area contributed by atoms with Crippen LogP contribution >= 0.6 is 0 Å². The van der Waals surface area contributed by atoms with Crippen LogP contribution in [0.5, 0.6) is 0 Å². The van der Waals surface area contributed by atoms with Gasteiger partial charge < -0.3 is 10.2 Å². The highest BCUT2D eigenvalue weighted by atomic mass is 16.3. The molecule has 0 saturated heterocycles. The lowest BCUT2D eigenvalue weighted by molar-refractivity contribution is 0.123. The number of hydrogen-bond donors (Lipinski definition) is 2. The molecule has 0 fully saturated rings. The van der Waals surface area contributed by atoms with E-state index < -0.39 is 0 Å². The molecule has 0 unspecified atom stereocenters. The number of aliphatic hydroxyl groups is 2. The van der Waals surface area contributed by atoms with Gasteiger partial charge in [0, 0.05) is 6.61 Å². The van der Waals surface area contributed by atoms with Crippen LogP contribution in [0.15, 0.2) is 12.2 Å². The first-order valence-corrected chi connectivity index (χ1v) is 7.25. The van der Waals surface area contributed by atoms with Gasteiger partial charge in [0.1, 0.15) is 0 Å². The van der Waals surface area contributed by atoms with Crippen molar-refractivity contribution in [1.29, 1.82) is 0 Å². The minimum atomic E-state index is -0.317. The van der Waals surface area contributed by atoms with E-state index in [1.54, 1.807) is 0 Å². The third kappa shape index (κ3) is 13.6. The van der Waals surface area contributed by atoms with Gasteiger partial charge in [-0.15, -0.1) is 0 Å². The second-order valence-corrected chi connectivity index (χ2v) is 4.77. The Kier molecular flexibility index (Phi) is 13.4. The molecule has 0 aliphatic rings. The highest BCUT2D eigenvalue weighted by Crippen LogP contribution is 2.07. The minimum Gasteiger partial charge on any atom is -0.396 e. The fraction of sp³-hybridized carbons (Fsp3) is 0.867. The summed E-state index contributed by atoms with van der Waals surface area (Å²) in [6.07, 6.45) is 15.5. The molecule has 0 rings (SSSR count). The summed E-state index contributed by atoms with van der Waals surface area (Å²) in [5.41, 5.74) is 0. The van der Waals surface area contributed by atoms with Crippen LogP contribution in [0.3, 0.4) is 0 Å². The second-order valence-electron chi connectivity index (χ2n) is 4.77. The van der Waals surface area contributed by atoms with Crippen LogP contribution in [0.25, 0.3) is 0 Å². The van der Waals surface area contributed by atoms with Gasteiger partial charge in [-0.2, -0.15) is 0 Å². The van der Waals surface area contributed by atoms with Gasteiger partial charge in [-0.25, -0.2) is 0 Å². The molecule has 0 aromatic rings. The molecular weight excluding hydrogens is 212 g/mol. The predicted octanol–water partition coefficient (Wildman–Crippen LogP) is 3.82. The molecule has 0 bridgehead atoms. The van der Waals surface area contributed by atoms with Crippen molar-refractivity contribution in [1.82, 2.24) is 0 Å². The maximum absolute atomic E-state index is 9.39. The van der Waals surface area contributed by atoms with Crippen LogP contribution in [-0.4, -0.2) is 22.9 Å². The highest BCUT2D eigenvalue weighted by molar-refractivity contribution is 4.81. The van der Waals surface area contributed by atoms with Gasteiger partial charge in [0.25, 0.3) is 0 Å². The topological polar surface area (TPSA) is 40.5 Å². The third-order valence-corrected chi connectivity index (χ3v) is 3.01. The Hall–Kier alpha value is -0.340. The maximum Gasteiger partial charge on any atom is 0.0562 e. The molecule has 0 aromatic carbocycles. The molecule has 0 amide bonds. The molecule has 0 spiro atoms. The van der Waals surface area contributed by atoms with Crippen molar-refractivity contribution in [3.05, 3.63) is 12.2 Å². The first kappa shape index (κ1) is 16.7. The van der Waals surface area contributed by atoms with Crippen molar-refractivity contribution in [2.24, 2.45) is 0 Å². The Bertz CT molecular complexity index is 166. The summed E-state index contributed by atoms with van der Waals surface area (Å²) in [4.78, 5) is 0. The fourth-order valence-electron chi connectivity index (χ4n) is 1.87. The van der Waals surface area contributed by atoms with Gasteiger partial charge in [-0.05, 0) is 38.5 Å². The molecule has 0 aliphatic carbocycles. The molecule has 0 aliphatic heterocycles. The van der Waals surface area contributed by atoms with E-state index >= 15 is 0 Å². The predicted molar refractivity (Wildman–Crippen MR) is 74.1 cm³/mol. The Morgan fingerprint density at radius 1 is 0.882 bits per heavy atom. The largest absolute Gasteiger partial charge is 0.396 e. The third-order valence-electron chi connectivity index (χ3n) is 3.01. The van der Waals surface area contributed by atoms with Gasteiger partial charge in [-0.1, -0.05) is 44.8 Å². The number of allylic oxidation sites excluding steroid dienone is 2. The summed E-state index contributed by atoms with van der Waals surface area (Å²) in [5.74, 6) is 0. The van der Waals surface area contributed by atoms with E-state index in [4.69, 9.17) is 5.11 Å². The van der Waals surface area contributed by atoms with Crippen LogP contribution in [-0.2, 0) is 0 Å². The lowest BCUT2D eigenvalue weighted by Gasteiger charge is -2.06. The smallest absolute Gasteiger partial charge is 0.0562 e. The average molecular weight is 242 g/mol. The summed E-state index contributed by atoms with van der Waals surface area (Å²) in [6, 6.07) is 0. The normalized spacial score (nSPS) is 13.4. The molecule has 1 atom stereocenters. The van der Waals surface area contributed by atoms with E-state index in [0.29, 0.717) is 6.42 Å². The van der Waals surface area contributed by atoms with Crippen molar-refractivity contribution in [2.75, 3.05) is 6.61 Å². The van der Waals surface area contributed by atoms with E-state index in [1.165, 1.54) is 38.5 Å². The van der Waals surface area contributed by atoms with E-state index in [0.717, 1.165) is 19.3 Å². The van der Waals surface area contributed by atoms with E-state index in [2.05, 4.69) is 19.1 Å². The number of hydrogen-bond acceptors (Lipinski definition) is 2. The Balaban J connectivity index is 3.14. The first-order valence-electron chi connectivity index (χ1n) is 7.25. The average Bonchev–Trinajstić information content (AvgIpc) is 2.32. The van der Waals surface area contributed by atoms with E-state index in [9.17, 15) is 5.11 Å². The molecular formula is C15H30O2. The zero-order valence-electron chi connectivity index (χ0n) is 11.4. The number of aliphatic hydroxyl groups excluding tert-OH is 2. The molecule has 0 radical (unpaired) electrons. The zero-order chi connectivity index (χ0) is 12.8. The summed E-state index contributed by atoms with van der Waals surface area (Å²) in [7, 11) is 0. The van der Waals surface area contributed by atoms with Crippen molar-refractivity contribution < 1.29 is 10.2 Å². The molecule has 0 aromatic heterocycles. The van der Waals surface area contributed by atoms with Crippen LogP contribution in [0.4, 0.5) is 0 Å². The van der Waals surface area contributed by atoms with Crippen LogP contribution in [0.2, 0.25) is 0 Å². The van der Waals surface area contributed by atoms with Crippen LogP contribution < -0.4 is 0 Å². The summed E-state index contributed by atoms with van der Waals surface area (Å²) in [6.45, 7) is 2.33. The van der Waals surface area contributed by atoms with Crippen LogP contribution in [0, 0.1) is 0 Å². The fourth-order valence-corrected chi connectivity index (χ4v) is 1.87. The molecule has 17 heavy (non-hydrogen) atoms. The summed E-state index contributed by atoms with van der Waals surface area (Å²) in [5, 5.41) is 18.0. The SMILES string of the molecule is CCCCCCC/C=C\CCC[C@@H](O)CCO. The minimum absolute atomic E-state index is 0.0920. The quantitative estimate of drug-likeness (QED) is 0.403.